The van der Waals surface area contributed by atoms with Crippen molar-refractivity contribution < 1.29 is 9.21 Å². The lowest BCUT2D eigenvalue weighted by molar-refractivity contribution is 0.177. The van der Waals surface area contributed by atoms with Crippen LogP contribution in [0.2, 0.25) is 0 Å². The van der Waals surface area contributed by atoms with Crippen LogP contribution < -0.4 is 10.9 Å². The van der Waals surface area contributed by atoms with Crippen molar-refractivity contribution in [1.82, 2.24) is 14.5 Å². The van der Waals surface area contributed by atoms with Gasteiger partial charge in [-0.1, -0.05) is 25.1 Å². The van der Waals surface area contributed by atoms with E-state index in [1.807, 2.05) is 26.0 Å². The van der Waals surface area contributed by atoms with Gasteiger partial charge in [-0.3, -0.25) is 9.36 Å². The van der Waals surface area contributed by atoms with Crippen molar-refractivity contribution in [2.45, 2.75) is 39.4 Å². The number of urea groups is 1. The zero-order valence-electron chi connectivity index (χ0n) is 19.1. The zero-order chi connectivity index (χ0) is 24.1. The van der Waals surface area contributed by atoms with Crippen molar-refractivity contribution in [3.63, 3.8) is 0 Å². The van der Waals surface area contributed by atoms with Crippen molar-refractivity contribution in [3.8, 4) is 6.07 Å². The minimum absolute atomic E-state index is 0.130. The summed E-state index contributed by atoms with van der Waals surface area (Å²) in [6, 6.07) is 18.6. The minimum Gasteiger partial charge on any atom is -0.467 e. The molecule has 0 radical (unpaired) electrons. The lowest BCUT2D eigenvalue weighted by Gasteiger charge is -2.30. The SMILES string of the molecule is CCCn1c(C(C)N(Cc2ccco2)C(=O)Nc2cccc(C#N)c2)nc2ccccc2c1=O. The van der Waals surface area contributed by atoms with Crippen molar-refractivity contribution in [3.05, 3.63) is 94.4 Å². The fraction of sp³-hybridized carbons (Fsp3) is 0.231. The molecule has 0 bridgehead atoms. The van der Waals surface area contributed by atoms with Gasteiger partial charge in [0.05, 0.1) is 41.4 Å². The molecular formula is C26H25N5O3. The van der Waals surface area contributed by atoms with Gasteiger partial charge in [0.25, 0.3) is 5.56 Å². The van der Waals surface area contributed by atoms with E-state index in [9.17, 15) is 14.9 Å². The van der Waals surface area contributed by atoms with E-state index in [-0.39, 0.29) is 12.1 Å². The monoisotopic (exact) mass is 455 g/mol. The standard InChI is InChI=1S/C26H25N5O3/c1-3-13-30-24(29-23-12-5-4-11-22(23)25(30)32)18(2)31(17-21-10-7-14-34-21)26(33)28-20-9-6-8-19(15-20)16-27/h4-12,14-15,18H,3,13,17H2,1-2H3,(H,28,33). The van der Waals surface area contributed by atoms with Gasteiger partial charge < -0.3 is 14.6 Å². The van der Waals surface area contributed by atoms with Crippen molar-refractivity contribution in [2.24, 2.45) is 0 Å². The maximum Gasteiger partial charge on any atom is 0.322 e. The highest BCUT2D eigenvalue weighted by Crippen LogP contribution is 2.24. The Morgan fingerprint density at radius 2 is 2.03 bits per heavy atom. The van der Waals surface area contributed by atoms with E-state index >= 15 is 0 Å². The lowest BCUT2D eigenvalue weighted by Crippen LogP contribution is -2.39. The largest absolute Gasteiger partial charge is 0.467 e. The number of aromatic nitrogens is 2. The topological polar surface area (TPSA) is 104 Å². The number of furan rings is 1. The Hall–Kier alpha value is -4.38. The Morgan fingerprint density at radius 1 is 1.21 bits per heavy atom. The molecule has 34 heavy (non-hydrogen) atoms. The molecule has 8 heteroatoms. The third kappa shape index (κ3) is 4.69. The van der Waals surface area contributed by atoms with Gasteiger partial charge in [0, 0.05) is 12.2 Å². The molecule has 0 aliphatic carbocycles. The second kappa shape index (κ2) is 10.0. The number of benzene rings is 2. The number of fused-ring (bicyclic) bond motifs is 1. The first-order valence-corrected chi connectivity index (χ1v) is 11.1. The zero-order valence-corrected chi connectivity index (χ0v) is 19.1. The van der Waals surface area contributed by atoms with Crippen molar-refractivity contribution in [2.75, 3.05) is 5.32 Å². The van der Waals surface area contributed by atoms with E-state index in [0.29, 0.717) is 40.3 Å². The Balaban J connectivity index is 1.76. The first-order chi connectivity index (χ1) is 16.5. The van der Waals surface area contributed by atoms with Crippen LogP contribution in [0.1, 0.15) is 43.5 Å². The maximum absolute atomic E-state index is 13.4. The molecule has 2 aromatic heterocycles. The summed E-state index contributed by atoms with van der Waals surface area (Å²) in [5.41, 5.74) is 1.39. The fourth-order valence-electron chi connectivity index (χ4n) is 3.90. The van der Waals surface area contributed by atoms with Gasteiger partial charge in [0.1, 0.15) is 11.6 Å². The number of para-hydroxylation sites is 1. The molecule has 4 rings (SSSR count). The maximum atomic E-state index is 13.4. The van der Waals surface area contributed by atoms with E-state index in [0.717, 1.165) is 6.42 Å². The molecule has 0 spiro atoms. The van der Waals surface area contributed by atoms with Crippen LogP contribution in [0, 0.1) is 11.3 Å². The Bertz CT molecular complexity index is 1400. The van der Waals surface area contributed by atoms with Gasteiger partial charge in [-0.05, 0) is 55.8 Å². The molecule has 8 nitrogen and oxygen atoms in total. The van der Waals surface area contributed by atoms with Crippen LogP contribution >= 0.6 is 0 Å². The number of carbonyl (C=O) groups is 1. The van der Waals surface area contributed by atoms with E-state index < -0.39 is 12.1 Å². The lowest BCUT2D eigenvalue weighted by atomic mass is 10.2. The average molecular weight is 456 g/mol. The number of hydrogen-bond donors (Lipinski definition) is 1. The Labute approximate surface area is 197 Å². The van der Waals surface area contributed by atoms with Crippen LogP contribution in [0.3, 0.4) is 0 Å². The number of hydrogen-bond acceptors (Lipinski definition) is 5. The first kappa shape index (κ1) is 22.8. The van der Waals surface area contributed by atoms with Gasteiger partial charge in [-0.25, -0.2) is 9.78 Å². The Morgan fingerprint density at radius 3 is 2.76 bits per heavy atom. The summed E-state index contributed by atoms with van der Waals surface area (Å²) in [5, 5.41) is 12.6. The highest BCUT2D eigenvalue weighted by atomic mass is 16.3. The molecule has 0 aliphatic heterocycles. The summed E-state index contributed by atoms with van der Waals surface area (Å²) < 4.78 is 7.15. The number of rotatable bonds is 7. The molecule has 2 heterocycles. The number of anilines is 1. The smallest absolute Gasteiger partial charge is 0.322 e. The van der Waals surface area contributed by atoms with Crippen molar-refractivity contribution >= 4 is 22.6 Å². The number of amides is 2. The minimum atomic E-state index is -0.548. The average Bonchev–Trinajstić information content (AvgIpc) is 3.37. The summed E-state index contributed by atoms with van der Waals surface area (Å²) in [5.74, 6) is 1.09. The molecule has 0 saturated heterocycles. The van der Waals surface area contributed by atoms with Crippen LogP contribution in [0.25, 0.3) is 10.9 Å². The van der Waals surface area contributed by atoms with Gasteiger partial charge in [-0.15, -0.1) is 0 Å². The summed E-state index contributed by atoms with van der Waals surface area (Å²) in [6.07, 6.45) is 2.29. The number of nitriles is 1. The predicted molar refractivity (Wildman–Crippen MR) is 129 cm³/mol. The predicted octanol–water partition coefficient (Wildman–Crippen LogP) is 5.07. The highest BCUT2D eigenvalue weighted by molar-refractivity contribution is 5.89. The third-order valence-electron chi connectivity index (χ3n) is 5.59. The van der Waals surface area contributed by atoms with Crippen LogP contribution in [0.5, 0.6) is 0 Å². The van der Waals surface area contributed by atoms with Crippen molar-refractivity contribution in [1.29, 1.82) is 5.26 Å². The number of nitrogens with zero attached hydrogens (tertiary/aromatic N) is 4. The van der Waals surface area contributed by atoms with Gasteiger partial charge in [0.15, 0.2) is 0 Å². The molecule has 1 unspecified atom stereocenters. The summed E-state index contributed by atoms with van der Waals surface area (Å²) in [6.45, 7) is 4.49. The van der Waals surface area contributed by atoms with Gasteiger partial charge in [-0.2, -0.15) is 5.26 Å². The van der Waals surface area contributed by atoms with Gasteiger partial charge in [0.2, 0.25) is 0 Å². The van der Waals surface area contributed by atoms with E-state index in [1.165, 1.54) is 0 Å². The summed E-state index contributed by atoms with van der Waals surface area (Å²) >= 11 is 0. The molecule has 0 fully saturated rings. The summed E-state index contributed by atoms with van der Waals surface area (Å²) in [7, 11) is 0. The molecule has 0 aliphatic rings. The van der Waals surface area contributed by atoms with Crippen LogP contribution in [-0.2, 0) is 13.1 Å². The summed E-state index contributed by atoms with van der Waals surface area (Å²) in [4.78, 5) is 33.1. The fourth-order valence-corrected chi connectivity index (χ4v) is 3.90. The normalized spacial score (nSPS) is 11.7. The molecule has 4 aromatic rings. The molecule has 1 atom stereocenters. The number of carbonyl (C=O) groups excluding carboxylic acids is 1. The third-order valence-corrected chi connectivity index (χ3v) is 5.59. The Kier molecular flexibility index (Phi) is 6.74. The number of nitrogens with one attached hydrogen (secondary N) is 1. The van der Waals surface area contributed by atoms with E-state index in [2.05, 4.69) is 11.4 Å². The molecule has 172 valence electrons. The van der Waals surface area contributed by atoms with E-state index in [1.54, 1.807) is 64.3 Å². The highest BCUT2D eigenvalue weighted by Gasteiger charge is 2.27. The molecule has 2 aromatic carbocycles. The van der Waals surface area contributed by atoms with Crippen LogP contribution in [-0.4, -0.2) is 20.5 Å². The second-order valence-corrected chi connectivity index (χ2v) is 7.95. The molecule has 2 amide bonds. The second-order valence-electron chi connectivity index (χ2n) is 7.95. The van der Waals surface area contributed by atoms with Gasteiger partial charge >= 0.3 is 6.03 Å². The van der Waals surface area contributed by atoms with Crippen LogP contribution in [0.4, 0.5) is 10.5 Å². The molecule has 1 N–H and O–H groups in total. The van der Waals surface area contributed by atoms with Crippen LogP contribution in [0.15, 0.2) is 76.1 Å². The quantitative estimate of drug-likeness (QED) is 0.419. The molecule has 0 saturated carbocycles. The van der Waals surface area contributed by atoms with E-state index in [4.69, 9.17) is 9.40 Å². The first-order valence-electron chi connectivity index (χ1n) is 11.1. The molecular weight excluding hydrogens is 430 g/mol.